The van der Waals surface area contributed by atoms with Crippen LogP contribution in [0.15, 0.2) is 5.18 Å². The summed E-state index contributed by atoms with van der Waals surface area (Å²) in [6.45, 7) is 9.48. The number of carbonyl (C=O) groups is 4. The number of aliphatic hydroxyl groups excluding tert-OH is 6. The Morgan fingerprint density at radius 2 is 0.738 bits per heavy atom. The average molecular weight is 939 g/mol. The van der Waals surface area contributed by atoms with Crippen molar-refractivity contribution in [3.05, 3.63) is 4.91 Å². The molecule has 6 atom stereocenters. The first kappa shape index (κ1) is 58.0. The molecule has 2 aliphatic rings. The molecule has 2 heterocycles. The van der Waals surface area contributed by atoms with Gasteiger partial charge in [0.2, 0.25) is 0 Å². The molecular formula is C40H78N10O15. The van der Waals surface area contributed by atoms with Crippen molar-refractivity contribution in [1.82, 2.24) is 44.1 Å². The van der Waals surface area contributed by atoms with Gasteiger partial charge in [0.05, 0.1) is 51.1 Å². The summed E-state index contributed by atoms with van der Waals surface area (Å²) in [6.07, 6.45) is -7.79. The highest BCUT2D eigenvalue weighted by molar-refractivity contribution is 5.70. The van der Waals surface area contributed by atoms with E-state index in [1.54, 1.807) is 14.7 Å². The van der Waals surface area contributed by atoms with Crippen molar-refractivity contribution >= 4 is 23.9 Å². The van der Waals surface area contributed by atoms with Gasteiger partial charge in [0.15, 0.2) is 0 Å². The number of nitroso groups, excluding NO2 is 1. The first-order valence-electron chi connectivity index (χ1n) is 22.6. The lowest BCUT2D eigenvalue weighted by molar-refractivity contribution is -0.140. The monoisotopic (exact) mass is 939 g/mol. The molecule has 0 aromatic carbocycles. The van der Waals surface area contributed by atoms with Crippen molar-refractivity contribution in [2.75, 3.05) is 183 Å². The van der Waals surface area contributed by atoms with E-state index in [9.17, 15) is 75.2 Å². The molecule has 2 fully saturated rings. The summed E-state index contributed by atoms with van der Waals surface area (Å²) in [5.74, 6) is -4.22. The third-order valence-electron chi connectivity index (χ3n) is 12.0. The van der Waals surface area contributed by atoms with Crippen molar-refractivity contribution in [2.45, 2.75) is 50.4 Å². The Morgan fingerprint density at radius 3 is 0.985 bits per heavy atom. The molecule has 25 nitrogen and oxygen atoms in total. The van der Waals surface area contributed by atoms with Gasteiger partial charge in [-0.15, -0.1) is 0 Å². The number of likely N-dealkylation sites (N-methyl/N-ethyl adjacent to an activating group) is 2. The maximum Gasteiger partial charge on any atom is 0.317 e. The van der Waals surface area contributed by atoms with Gasteiger partial charge in [0, 0.05) is 137 Å². The van der Waals surface area contributed by atoms with Crippen LogP contribution in [0.4, 0.5) is 0 Å². The summed E-state index contributed by atoms with van der Waals surface area (Å²) in [4.78, 5) is 75.4. The molecular weight excluding hydrogens is 860 g/mol. The summed E-state index contributed by atoms with van der Waals surface area (Å²) in [7, 11) is 0. The van der Waals surface area contributed by atoms with Crippen LogP contribution in [0.2, 0.25) is 0 Å². The Balaban J connectivity index is 2.37. The minimum absolute atomic E-state index is 0.0370. The van der Waals surface area contributed by atoms with Crippen molar-refractivity contribution in [3.63, 3.8) is 0 Å². The van der Waals surface area contributed by atoms with E-state index >= 15 is 0 Å². The Morgan fingerprint density at radius 1 is 0.462 bits per heavy atom. The topological polar surface area (TPSA) is 329 Å². The molecule has 10 N–H and O–H groups in total. The zero-order chi connectivity index (χ0) is 48.5. The smallest absolute Gasteiger partial charge is 0.317 e. The first-order chi connectivity index (χ1) is 30.8. The van der Waals surface area contributed by atoms with Crippen LogP contribution in [0.3, 0.4) is 0 Å². The number of hydrogen-bond acceptors (Lipinski definition) is 21. The lowest BCUT2D eigenvalue weighted by Gasteiger charge is -2.36. The predicted octanol–water partition coefficient (Wildman–Crippen LogP) is -5.96. The number of hydrogen-bond donors (Lipinski definition) is 10. The van der Waals surface area contributed by atoms with Crippen LogP contribution in [0, 0.1) is 4.91 Å². The van der Waals surface area contributed by atoms with Crippen molar-refractivity contribution in [2.24, 2.45) is 5.18 Å². The van der Waals surface area contributed by atoms with Gasteiger partial charge < -0.3 is 60.9 Å². The SMILES string of the molecule is CCN1CCN(CC)CCN(CC(O)CN(CC(O)CN2CCN(CC(=O)O)CCN(CC(=O)O)CCN(CC(=O)O)CC2)CC(O)C(N=O)C(O)C(O)CO)CCN(CC(=O)O)CC1. The second-order valence-electron chi connectivity index (χ2n) is 17.1. The molecule has 2 aliphatic heterocycles. The van der Waals surface area contributed by atoms with E-state index in [0.717, 1.165) is 26.2 Å². The average Bonchev–Trinajstić information content (AvgIpc) is 3.22. The third-order valence-corrected chi connectivity index (χ3v) is 12.0. The minimum Gasteiger partial charge on any atom is -0.480 e. The second-order valence-corrected chi connectivity index (χ2v) is 17.1. The molecule has 0 aromatic rings. The van der Waals surface area contributed by atoms with Gasteiger partial charge in [0.25, 0.3) is 0 Å². The number of carboxylic acids is 4. The van der Waals surface area contributed by atoms with Crippen LogP contribution in [0.1, 0.15) is 13.8 Å². The fraction of sp³-hybridized carbons (Fsp3) is 0.900. The van der Waals surface area contributed by atoms with Crippen LogP contribution in [-0.2, 0) is 19.2 Å². The molecule has 0 amide bonds. The summed E-state index contributed by atoms with van der Waals surface area (Å²) >= 11 is 0. The molecule has 65 heavy (non-hydrogen) atoms. The highest BCUT2D eigenvalue weighted by Gasteiger charge is 2.35. The molecule has 6 unspecified atom stereocenters. The van der Waals surface area contributed by atoms with Gasteiger partial charge in [-0.05, 0) is 13.1 Å². The summed E-state index contributed by atoms with van der Waals surface area (Å²) in [5.41, 5.74) is 0. The fourth-order valence-corrected chi connectivity index (χ4v) is 8.15. The highest BCUT2D eigenvalue weighted by atomic mass is 16.4. The van der Waals surface area contributed by atoms with Crippen LogP contribution in [-0.4, -0.2) is 339 Å². The van der Waals surface area contributed by atoms with E-state index in [-0.39, 0.29) is 105 Å². The molecule has 0 radical (unpaired) electrons. The lowest BCUT2D eigenvalue weighted by atomic mass is 10.0. The van der Waals surface area contributed by atoms with Gasteiger partial charge in [-0.2, -0.15) is 4.91 Å². The third kappa shape index (κ3) is 24.5. The van der Waals surface area contributed by atoms with Gasteiger partial charge in [-0.3, -0.25) is 53.5 Å². The molecule has 0 saturated carbocycles. The van der Waals surface area contributed by atoms with Crippen LogP contribution in [0.25, 0.3) is 0 Å². The summed E-state index contributed by atoms with van der Waals surface area (Å²) in [6, 6.07) is -1.80. The maximum absolute atomic E-state index is 11.9. The van der Waals surface area contributed by atoms with E-state index in [4.69, 9.17) is 0 Å². The number of β-amino-alcohol motifs (C(OH)–C–C–N with tert-alkyl or cyclic N) is 2. The van der Waals surface area contributed by atoms with E-state index in [1.165, 1.54) is 4.90 Å². The first-order valence-corrected chi connectivity index (χ1v) is 22.6. The number of nitrogens with zero attached hydrogens (tertiary/aromatic N) is 10. The van der Waals surface area contributed by atoms with Gasteiger partial charge in [-0.1, -0.05) is 19.0 Å². The largest absolute Gasteiger partial charge is 0.480 e. The second kappa shape index (κ2) is 31.8. The molecule has 2 rings (SSSR count). The highest BCUT2D eigenvalue weighted by Crippen LogP contribution is 2.13. The number of aliphatic carboxylic acids is 4. The molecule has 0 bridgehead atoms. The van der Waals surface area contributed by atoms with Crippen LogP contribution < -0.4 is 0 Å². The van der Waals surface area contributed by atoms with Gasteiger partial charge in [0.1, 0.15) is 18.2 Å². The Kier molecular flexibility index (Phi) is 28.4. The number of rotatable bonds is 25. The number of carboxylic acid groups (broad SMARTS) is 4. The number of aliphatic hydroxyl groups is 6. The predicted molar refractivity (Wildman–Crippen MR) is 237 cm³/mol. The molecule has 0 spiro atoms. The van der Waals surface area contributed by atoms with E-state index in [2.05, 4.69) is 28.8 Å². The minimum atomic E-state index is -1.94. The van der Waals surface area contributed by atoms with Crippen molar-refractivity contribution in [1.29, 1.82) is 0 Å². The Labute approximate surface area is 381 Å². The van der Waals surface area contributed by atoms with Crippen LogP contribution in [0.5, 0.6) is 0 Å². The standard InChI is InChI=1S/C40H78N10O15/c1-3-42-5-6-43(4-2)8-10-46(26-35(56)57)14-11-44(9-7-42)21-31(52)23-50(25-33(54)39(41-65)40(64)34(55)30-51)24-32(53)22-45-12-15-47(27-36(58)59)17-19-49(29-38(62)63)20-18-48(16-13-45)28-37(60)61/h31-34,39-40,51-55,64H,3-30H2,1-2H3,(H,56,57)(H,58,59)(H,60,61)(H,62,63). The van der Waals surface area contributed by atoms with E-state index < -0.39 is 73.6 Å². The zero-order valence-corrected chi connectivity index (χ0v) is 38.2. The Bertz CT molecular complexity index is 1370. The normalized spacial score (nSPS) is 22.0. The maximum atomic E-state index is 11.9. The summed E-state index contributed by atoms with van der Waals surface area (Å²) in [5, 5.41) is 106. The van der Waals surface area contributed by atoms with Gasteiger partial charge in [-0.25, -0.2) is 0 Å². The Hall–Kier alpha value is -3.12. The lowest BCUT2D eigenvalue weighted by Crippen LogP contribution is -2.53. The fourth-order valence-electron chi connectivity index (χ4n) is 8.15. The summed E-state index contributed by atoms with van der Waals surface area (Å²) < 4.78 is 0. The van der Waals surface area contributed by atoms with Crippen molar-refractivity contribution < 1.29 is 70.2 Å². The van der Waals surface area contributed by atoms with E-state index in [0.29, 0.717) is 39.3 Å². The van der Waals surface area contributed by atoms with Gasteiger partial charge >= 0.3 is 23.9 Å². The van der Waals surface area contributed by atoms with Crippen molar-refractivity contribution in [3.8, 4) is 0 Å². The quantitative estimate of drug-likeness (QED) is 0.0381. The molecule has 25 heteroatoms. The molecule has 0 aromatic heterocycles. The van der Waals surface area contributed by atoms with Crippen LogP contribution >= 0.6 is 0 Å². The molecule has 0 aliphatic carbocycles. The van der Waals surface area contributed by atoms with E-state index in [1.807, 2.05) is 14.7 Å². The molecule has 2 saturated heterocycles. The zero-order valence-electron chi connectivity index (χ0n) is 38.2. The molecule has 378 valence electrons.